The number of ether oxygens (including phenoxy) is 1. The monoisotopic (exact) mass is 200 g/mol. The molecule has 0 saturated heterocycles. The van der Waals surface area contributed by atoms with Crippen molar-refractivity contribution in [1.29, 1.82) is 0 Å². The van der Waals surface area contributed by atoms with Crippen LogP contribution >= 0.6 is 0 Å². The topological polar surface area (TPSA) is 21.3 Å². The van der Waals surface area contributed by atoms with E-state index in [0.717, 1.165) is 6.42 Å². The second-order valence-electron chi connectivity index (χ2n) is 3.37. The first-order chi connectivity index (χ1) is 7.45. The van der Waals surface area contributed by atoms with E-state index in [1.165, 1.54) is 5.56 Å². The Labute approximate surface area is 90.3 Å². The maximum absolute atomic E-state index is 5.61. The number of hydrogen-bond donors (Lipinski definition) is 1. The fraction of sp³-hybridized carbons (Fsp3) is 0.231. The number of benzene rings is 1. The lowest BCUT2D eigenvalue weighted by atomic mass is 10.2. The van der Waals surface area contributed by atoms with E-state index in [9.17, 15) is 0 Å². The van der Waals surface area contributed by atoms with Gasteiger partial charge in [0.05, 0.1) is 12.8 Å². The van der Waals surface area contributed by atoms with Crippen LogP contribution in [0.25, 0.3) is 0 Å². The van der Waals surface area contributed by atoms with Gasteiger partial charge in [-0.25, -0.2) is 0 Å². The first-order valence-electron chi connectivity index (χ1n) is 5.12. The Morgan fingerprint density at radius 1 is 1.27 bits per heavy atom. The molecule has 2 nitrogen and oxygen atoms in total. The molecule has 1 aromatic rings. The second-order valence-corrected chi connectivity index (χ2v) is 3.37. The summed E-state index contributed by atoms with van der Waals surface area (Å²) in [7, 11) is 0. The second kappa shape index (κ2) is 5.37. The van der Waals surface area contributed by atoms with Crippen molar-refractivity contribution < 1.29 is 4.74 Å². The molecule has 1 aliphatic heterocycles. The summed E-state index contributed by atoms with van der Waals surface area (Å²) < 4.78 is 5.61. The van der Waals surface area contributed by atoms with Gasteiger partial charge in [0.25, 0.3) is 0 Å². The molecule has 0 bridgehead atoms. The molecule has 0 aromatic heterocycles. The van der Waals surface area contributed by atoms with Crippen LogP contribution in [-0.4, -0.2) is 12.8 Å². The average molecular weight is 200 g/mol. The predicted octanol–water partition coefficient (Wildman–Crippen LogP) is 2.05. The summed E-state index contributed by atoms with van der Waals surface area (Å²) >= 11 is 0. The standard InChI is InChI=1S/C13H14NO/c1-2-6-12(7-3-1)9-11-15-13-8-4-5-10-14-13/h1-8,13-14H,9,11H2/t13-/m0/s1. The Morgan fingerprint density at radius 2 is 2.13 bits per heavy atom. The molecule has 1 aromatic carbocycles. The molecular weight excluding hydrogens is 186 g/mol. The van der Waals surface area contributed by atoms with E-state index < -0.39 is 0 Å². The van der Waals surface area contributed by atoms with Crippen molar-refractivity contribution in [2.24, 2.45) is 0 Å². The lowest BCUT2D eigenvalue weighted by Crippen LogP contribution is -2.27. The van der Waals surface area contributed by atoms with E-state index in [-0.39, 0.29) is 6.23 Å². The summed E-state index contributed by atoms with van der Waals surface area (Å²) in [5.74, 6) is 0. The first kappa shape index (κ1) is 9.99. The highest BCUT2D eigenvalue weighted by atomic mass is 16.5. The summed E-state index contributed by atoms with van der Waals surface area (Å²) in [6.45, 7) is 0.716. The third-order valence-electron chi connectivity index (χ3n) is 2.22. The Balaban J connectivity index is 1.71. The molecule has 0 spiro atoms. The predicted molar refractivity (Wildman–Crippen MR) is 60.0 cm³/mol. The van der Waals surface area contributed by atoms with Gasteiger partial charge in [0.15, 0.2) is 0 Å². The van der Waals surface area contributed by atoms with Crippen LogP contribution in [0.5, 0.6) is 0 Å². The summed E-state index contributed by atoms with van der Waals surface area (Å²) in [6.07, 6.45) is 9.55. The van der Waals surface area contributed by atoms with Crippen molar-refractivity contribution >= 4 is 0 Å². The van der Waals surface area contributed by atoms with Crippen molar-refractivity contribution in [3.63, 3.8) is 0 Å². The van der Waals surface area contributed by atoms with Gasteiger partial charge in [-0.1, -0.05) is 36.4 Å². The zero-order chi connectivity index (χ0) is 10.3. The molecule has 0 saturated carbocycles. The number of hydrogen-bond acceptors (Lipinski definition) is 2. The fourth-order valence-electron chi connectivity index (χ4n) is 1.43. The number of rotatable bonds is 4. The van der Waals surface area contributed by atoms with Gasteiger partial charge in [-0.05, 0) is 24.1 Å². The zero-order valence-electron chi connectivity index (χ0n) is 8.52. The van der Waals surface area contributed by atoms with E-state index in [1.54, 1.807) is 0 Å². The molecule has 2 rings (SSSR count). The lowest BCUT2D eigenvalue weighted by molar-refractivity contribution is 0.0717. The van der Waals surface area contributed by atoms with Gasteiger partial charge in [0, 0.05) is 0 Å². The fourth-order valence-corrected chi connectivity index (χ4v) is 1.43. The zero-order valence-corrected chi connectivity index (χ0v) is 8.52. The smallest absolute Gasteiger partial charge is 0.147 e. The molecule has 1 atom stereocenters. The first-order valence-corrected chi connectivity index (χ1v) is 5.12. The lowest BCUT2D eigenvalue weighted by Gasteiger charge is -2.15. The molecule has 0 aliphatic carbocycles. The minimum Gasteiger partial charge on any atom is -0.355 e. The van der Waals surface area contributed by atoms with E-state index in [4.69, 9.17) is 4.74 Å². The van der Waals surface area contributed by atoms with Crippen LogP contribution in [0.2, 0.25) is 0 Å². The Kier molecular flexibility index (Phi) is 3.58. The molecule has 77 valence electrons. The third-order valence-corrected chi connectivity index (χ3v) is 2.22. The highest BCUT2D eigenvalue weighted by molar-refractivity contribution is 5.14. The molecule has 0 amide bonds. The SMILES string of the molecule is [C]1=CC=C[C@H](OCCc2ccccc2)N1. The minimum atomic E-state index is -0.0290. The van der Waals surface area contributed by atoms with E-state index in [2.05, 4.69) is 23.6 Å². The molecule has 1 radical (unpaired) electrons. The highest BCUT2D eigenvalue weighted by Crippen LogP contribution is 2.02. The maximum atomic E-state index is 5.61. The number of dihydropyridines is 1. The maximum Gasteiger partial charge on any atom is 0.147 e. The molecule has 1 aliphatic rings. The van der Waals surface area contributed by atoms with Crippen molar-refractivity contribution in [2.45, 2.75) is 12.6 Å². The van der Waals surface area contributed by atoms with Crippen LogP contribution in [0.3, 0.4) is 0 Å². The third kappa shape index (κ3) is 3.26. The number of allylic oxidation sites excluding steroid dienone is 2. The van der Waals surface area contributed by atoms with Gasteiger partial charge >= 0.3 is 0 Å². The van der Waals surface area contributed by atoms with Gasteiger partial charge in [-0.2, -0.15) is 0 Å². The van der Waals surface area contributed by atoms with Gasteiger partial charge in [-0.15, -0.1) is 0 Å². The quantitative estimate of drug-likeness (QED) is 0.803. The van der Waals surface area contributed by atoms with Gasteiger partial charge in [-0.3, -0.25) is 0 Å². The molecule has 2 heteroatoms. The van der Waals surface area contributed by atoms with Crippen LogP contribution in [-0.2, 0) is 11.2 Å². The molecule has 0 unspecified atom stereocenters. The Bertz CT molecular complexity index is 343. The summed E-state index contributed by atoms with van der Waals surface area (Å²) in [6, 6.07) is 10.3. The van der Waals surface area contributed by atoms with E-state index in [0.29, 0.717) is 6.61 Å². The Hall–Kier alpha value is -1.54. The molecule has 1 heterocycles. The molecular formula is C13H14NO. The highest BCUT2D eigenvalue weighted by Gasteiger charge is 2.03. The van der Waals surface area contributed by atoms with Crippen LogP contribution in [0.1, 0.15) is 5.56 Å². The van der Waals surface area contributed by atoms with Crippen LogP contribution in [0.15, 0.2) is 48.6 Å². The van der Waals surface area contributed by atoms with Crippen LogP contribution in [0.4, 0.5) is 0 Å². The summed E-state index contributed by atoms with van der Waals surface area (Å²) in [4.78, 5) is 0. The average Bonchev–Trinajstić information content (AvgIpc) is 2.32. The normalized spacial score (nSPS) is 18.8. The van der Waals surface area contributed by atoms with Crippen LogP contribution in [0, 0.1) is 6.20 Å². The number of nitrogens with one attached hydrogen (secondary N) is 1. The van der Waals surface area contributed by atoms with E-state index in [1.807, 2.05) is 36.4 Å². The Morgan fingerprint density at radius 3 is 2.87 bits per heavy atom. The molecule has 15 heavy (non-hydrogen) atoms. The summed E-state index contributed by atoms with van der Waals surface area (Å²) in [5.41, 5.74) is 1.30. The summed E-state index contributed by atoms with van der Waals surface area (Å²) in [5, 5.41) is 2.99. The van der Waals surface area contributed by atoms with Crippen molar-refractivity contribution in [2.75, 3.05) is 6.61 Å². The largest absolute Gasteiger partial charge is 0.355 e. The van der Waals surface area contributed by atoms with Crippen molar-refractivity contribution in [3.8, 4) is 0 Å². The minimum absolute atomic E-state index is 0.0290. The molecule has 1 N–H and O–H groups in total. The van der Waals surface area contributed by atoms with Crippen molar-refractivity contribution in [1.82, 2.24) is 5.32 Å². The van der Waals surface area contributed by atoms with Crippen molar-refractivity contribution in [3.05, 3.63) is 60.3 Å². The van der Waals surface area contributed by atoms with Gasteiger partial charge in [0.2, 0.25) is 0 Å². The van der Waals surface area contributed by atoms with Gasteiger partial charge in [0.1, 0.15) is 6.23 Å². The van der Waals surface area contributed by atoms with E-state index >= 15 is 0 Å². The van der Waals surface area contributed by atoms with Crippen LogP contribution < -0.4 is 5.32 Å². The van der Waals surface area contributed by atoms with Gasteiger partial charge < -0.3 is 10.1 Å². The molecule has 0 fully saturated rings.